The second-order valence-corrected chi connectivity index (χ2v) is 7.06. The lowest BCUT2D eigenvalue weighted by Crippen LogP contribution is -2.29. The van der Waals surface area contributed by atoms with Gasteiger partial charge in [-0.05, 0) is 52.7 Å². The van der Waals surface area contributed by atoms with Gasteiger partial charge < -0.3 is 5.32 Å². The topological polar surface area (TPSA) is 77.6 Å². The average molecular weight is 380 g/mol. The molecular formula is C21H28N6O. The van der Waals surface area contributed by atoms with E-state index in [0.717, 1.165) is 46.9 Å². The van der Waals surface area contributed by atoms with Crippen LogP contribution in [0, 0.1) is 27.7 Å². The molecule has 2 aromatic heterocycles. The summed E-state index contributed by atoms with van der Waals surface area (Å²) in [7, 11) is 0. The molecule has 2 heterocycles. The Kier molecular flexibility index (Phi) is 5.63. The van der Waals surface area contributed by atoms with Crippen LogP contribution in [-0.2, 0) is 6.54 Å². The summed E-state index contributed by atoms with van der Waals surface area (Å²) in [5, 5.41) is 16.1. The highest BCUT2D eigenvalue weighted by Crippen LogP contribution is 2.25. The molecule has 1 aromatic carbocycles. The van der Waals surface area contributed by atoms with Gasteiger partial charge in [0.05, 0.1) is 23.1 Å². The molecule has 148 valence electrons. The molecule has 0 aliphatic rings. The second-order valence-electron chi connectivity index (χ2n) is 7.06. The predicted octanol–water partition coefficient (Wildman–Crippen LogP) is 3.60. The molecule has 0 aliphatic carbocycles. The fraction of sp³-hybridized carbons (Fsp3) is 0.429. The number of nitrogens with zero attached hydrogens (tertiary/aromatic N) is 5. The Labute approximate surface area is 165 Å². The third-order valence-corrected chi connectivity index (χ3v) is 5.25. The van der Waals surface area contributed by atoms with Gasteiger partial charge in [0.2, 0.25) is 0 Å². The molecule has 1 atom stereocenters. The number of carbonyl (C=O) groups excluding carboxylic acids is 1. The number of aryl methyl sites for hydroxylation is 3. The minimum Gasteiger partial charge on any atom is -0.344 e. The molecule has 1 N–H and O–H groups in total. The Bertz CT molecular complexity index is 1000. The summed E-state index contributed by atoms with van der Waals surface area (Å²) in [6, 6.07) is 7.80. The Morgan fingerprint density at radius 1 is 1.11 bits per heavy atom. The summed E-state index contributed by atoms with van der Waals surface area (Å²) in [5.41, 5.74) is 6.20. The van der Waals surface area contributed by atoms with Gasteiger partial charge in [0, 0.05) is 17.8 Å². The molecule has 0 bridgehead atoms. The molecule has 7 heteroatoms. The number of carbonyl (C=O) groups is 1. The highest BCUT2D eigenvalue weighted by atomic mass is 16.2. The highest BCUT2D eigenvalue weighted by Gasteiger charge is 2.24. The molecule has 0 radical (unpaired) electrons. The van der Waals surface area contributed by atoms with E-state index in [4.69, 9.17) is 0 Å². The van der Waals surface area contributed by atoms with Crippen molar-refractivity contribution in [1.82, 2.24) is 30.1 Å². The van der Waals surface area contributed by atoms with E-state index in [0.29, 0.717) is 5.69 Å². The van der Waals surface area contributed by atoms with Crippen LogP contribution in [-0.4, -0.2) is 30.7 Å². The molecule has 28 heavy (non-hydrogen) atoms. The lowest BCUT2D eigenvalue weighted by molar-refractivity contribution is 0.0929. The van der Waals surface area contributed by atoms with Crippen molar-refractivity contribution in [3.8, 4) is 5.69 Å². The first-order valence-corrected chi connectivity index (χ1v) is 9.72. The van der Waals surface area contributed by atoms with Crippen molar-refractivity contribution < 1.29 is 4.79 Å². The third kappa shape index (κ3) is 3.44. The molecule has 1 amide bonds. The van der Waals surface area contributed by atoms with Crippen molar-refractivity contribution in [1.29, 1.82) is 0 Å². The lowest BCUT2D eigenvalue weighted by atomic mass is 10.0. The van der Waals surface area contributed by atoms with Crippen LogP contribution < -0.4 is 5.32 Å². The van der Waals surface area contributed by atoms with Crippen LogP contribution in [0.5, 0.6) is 0 Å². The average Bonchev–Trinajstić information content (AvgIpc) is 3.19. The van der Waals surface area contributed by atoms with Crippen LogP contribution in [0.15, 0.2) is 24.3 Å². The Hall–Kier alpha value is -2.96. The molecule has 0 saturated carbocycles. The summed E-state index contributed by atoms with van der Waals surface area (Å²) >= 11 is 0. The quantitative estimate of drug-likeness (QED) is 0.709. The van der Waals surface area contributed by atoms with Crippen molar-refractivity contribution in [2.24, 2.45) is 0 Å². The van der Waals surface area contributed by atoms with Crippen molar-refractivity contribution in [3.63, 3.8) is 0 Å². The smallest absolute Gasteiger partial charge is 0.274 e. The monoisotopic (exact) mass is 380 g/mol. The molecule has 0 fully saturated rings. The first-order chi connectivity index (χ1) is 13.4. The van der Waals surface area contributed by atoms with Crippen LogP contribution in [0.1, 0.15) is 65.0 Å². The maximum atomic E-state index is 13.0. The van der Waals surface area contributed by atoms with Crippen LogP contribution in [0.3, 0.4) is 0 Å². The summed E-state index contributed by atoms with van der Waals surface area (Å²) in [4.78, 5) is 13.0. The van der Waals surface area contributed by atoms with Gasteiger partial charge in [-0.1, -0.05) is 30.3 Å². The number of amides is 1. The lowest BCUT2D eigenvalue weighted by Gasteiger charge is -2.17. The summed E-state index contributed by atoms with van der Waals surface area (Å²) < 4.78 is 3.69. The van der Waals surface area contributed by atoms with Gasteiger partial charge >= 0.3 is 0 Å². The number of benzene rings is 1. The summed E-state index contributed by atoms with van der Waals surface area (Å²) in [6.45, 7) is 12.9. The van der Waals surface area contributed by atoms with Crippen molar-refractivity contribution in [2.45, 2.75) is 60.5 Å². The number of nitrogens with one attached hydrogen (secondary N) is 1. The zero-order valence-corrected chi connectivity index (χ0v) is 17.4. The van der Waals surface area contributed by atoms with Gasteiger partial charge in [-0.2, -0.15) is 5.10 Å². The Balaban J connectivity index is 1.89. The van der Waals surface area contributed by atoms with Crippen molar-refractivity contribution >= 4 is 5.91 Å². The molecule has 3 rings (SSSR count). The molecule has 0 spiro atoms. The minimum atomic E-state index is -0.216. The molecule has 7 nitrogen and oxygen atoms in total. The number of rotatable bonds is 6. The molecule has 0 saturated heterocycles. The van der Waals surface area contributed by atoms with Crippen LogP contribution >= 0.6 is 0 Å². The number of aromatic nitrogens is 5. The molecule has 0 aliphatic heterocycles. The maximum absolute atomic E-state index is 13.0. The standard InChI is InChI=1S/C21H28N6O/c1-7-17(19-14(4)24-26(8-2)15(19)5)22-21(28)20-16(6)27(25-23-20)18-12-10-9-11-13(18)3/h9-12,17H,7-8H2,1-6H3,(H,22,28)/t17-/m0/s1. The van der Waals surface area contributed by atoms with Crippen LogP contribution in [0.2, 0.25) is 0 Å². The first kappa shape index (κ1) is 19.8. The highest BCUT2D eigenvalue weighted by molar-refractivity contribution is 5.93. The predicted molar refractivity (Wildman–Crippen MR) is 109 cm³/mol. The summed E-state index contributed by atoms with van der Waals surface area (Å²) in [5.74, 6) is -0.216. The van der Waals surface area contributed by atoms with E-state index in [1.165, 1.54) is 0 Å². The largest absolute Gasteiger partial charge is 0.344 e. The van der Waals surface area contributed by atoms with Gasteiger partial charge in [-0.3, -0.25) is 9.48 Å². The van der Waals surface area contributed by atoms with Crippen molar-refractivity contribution in [2.75, 3.05) is 0 Å². The zero-order chi connectivity index (χ0) is 20.4. The fourth-order valence-corrected chi connectivity index (χ4v) is 3.70. The van der Waals surface area contributed by atoms with Gasteiger partial charge in [0.1, 0.15) is 0 Å². The Morgan fingerprint density at radius 3 is 2.43 bits per heavy atom. The first-order valence-electron chi connectivity index (χ1n) is 9.72. The summed E-state index contributed by atoms with van der Waals surface area (Å²) in [6.07, 6.45) is 0.772. The van der Waals surface area contributed by atoms with Crippen LogP contribution in [0.4, 0.5) is 0 Å². The number of hydrogen-bond donors (Lipinski definition) is 1. The normalized spacial score (nSPS) is 12.2. The fourth-order valence-electron chi connectivity index (χ4n) is 3.70. The van der Waals surface area contributed by atoms with Gasteiger partial charge in [-0.25, -0.2) is 4.68 Å². The Morgan fingerprint density at radius 2 is 1.82 bits per heavy atom. The van der Waals surface area contributed by atoms with E-state index >= 15 is 0 Å². The van der Waals surface area contributed by atoms with Crippen molar-refractivity contribution in [3.05, 3.63) is 58.2 Å². The zero-order valence-electron chi connectivity index (χ0n) is 17.4. The van der Waals surface area contributed by atoms with E-state index in [1.54, 1.807) is 4.68 Å². The van der Waals surface area contributed by atoms with E-state index in [2.05, 4.69) is 34.6 Å². The van der Waals surface area contributed by atoms with E-state index in [9.17, 15) is 4.79 Å². The number of para-hydroxylation sites is 1. The maximum Gasteiger partial charge on any atom is 0.274 e. The van der Waals surface area contributed by atoms with E-state index < -0.39 is 0 Å². The second kappa shape index (κ2) is 7.96. The third-order valence-electron chi connectivity index (χ3n) is 5.25. The molecular weight excluding hydrogens is 352 g/mol. The van der Waals surface area contributed by atoms with E-state index in [-0.39, 0.29) is 11.9 Å². The van der Waals surface area contributed by atoms with Gasteiger partial charge in [0.15, 0.2) is 5.69 Å². The SMILES string of the molecule is CC[C@H](NC(=O)c1nnn(-c2ccccc2C)c1C)c1c(C)nn(CC)c1C. The van der Waals surface area contributed by atoms with Crippen LogP contribution in [0.25, 0.3) is 5.69 Å². The number of hydrogen-bond acceptors (Lipinski definition) is 4. The molecule has 3 aromatic rings. The minimum absolute atomic E-state index is 0.115. The molecule has 0 unspecified atom stereocenters. The van der Waals surface area contributed by atoms with E-state index in [1.807, 2.05) is 56.6 Å². The van der Waals surface area contributed by atoms with Gasteiger partial charge in [-0.15, -0.1) is 5.10 Å². The van der Waals surface area contributed by atoms with Gasteiger partial charge in [0.25, 0.3) is 5.91 Å².